The van der Waals surface area contributed by atoms with Gasteiger partial charge >= 0.3 is 0 Å². The molecule has 1 saturated carbocycles. The SMILES string of the molecule is CC1CC(C)CC(Oc2nc(N)c(Cl)cc2Cl)C1. The summed E-state index contributed by atoms with van der Waals surface area (Å²) in [4.78, 5) is 4.11. The molecule has 2 rings (SSSR count). The van der Waals surface area contributed by atoms with Crippen molar-refractivity contribution in [3.63, 3.8) is 0 Å². The number of nitrogens with zero attached hydrogens (tertiary/aromatic N) is 1. The fourth-order valence-corrected chi connectivity index (χ4v) is 3.08. The fraction of sp³-hybridized carbons (Fsp3) is 0.615. The first-order chi connectivity index (χ1) is 8.45. The molecule has 1 aliphatic carbocycles. The molecule has 1 aliphatic rings. The lowest BCUT2D eigenvalue weighted by atomic mass is 9.82. The highest BCUT2D eigenvalue weighted by molar-refractivity contribution is 6.36. The number of hydrogen-bond donors (Lipinski definition) is 1. The summed E-state index contributed by atoms with van der Waals surface area (Å²) in [6.07, 6.45) is 3.48. The highest BCUT2D eigenvalue weighted by atomic mass is 35.5. The number of ether oxygens (including phenoxy) is 1. The Morgan fingerprint density at radius 2 is 1.78 bits per heavy atom. The van der Waals surface area contributed by atoms with Crippen molar-refractivity contribution in [1.82, 2.24) is 4.98 Å². The Morgan fingerprint density at radius 1 is 1.17 bits per heavy atom. The van der Waals surface area contributed by atoms with E-state index in [1.54, 1.807) is 6.07 Å². The van der Waals surface area contributed by atoms with Crippen LogP contribution in [0.2, 0.25) is 10.0 Å². The van der Waals surface area contributed by atoms with Crippen LogP contribution in [0.3, 0.4) is 0 Å². The fourth-order valence-electron chi connectivity index (χ4n) is 2.67. The van der Waals surface area contributed by atoms with Crippen LogP contribution in [-0.2, 0) is 0 Å². The summed E-state index contributed by atoms with van der Waals surface area (Å²) in [5.41, 5.74) is 5.67. The summed E-state index contributed by atoms with van der Waals surface area (Å²) in [6.45, 7) is 4.49. The average molecular weight is 289 g/mol. The molecule has 2 atom stereocenters. The van der Waals surface area contributed by atoms with E-state index in [9.17, 15) is 0 Å². The van der Waals surface area contributed by atoms with Crippen molar-refractivity contribution in [1.29, 1.82) is 0 Å². The smallest absolute Gasteiger partial charge is 0.234 e. The largest absolute Gasteiger partial charge is 0.473 e. The van der Waals surface area contributed by atoms with Gasteiger partial charge in [0.15, 0.2) is 0 Å². The van der Waals surface area contributed by atoms with E-state index in [1.807, 2.05) is 0 Å². The molecule has 0 spiro atoms. The quantitative estimate of drug-likeness (QED) is 0.888. The van der Waals surface area contributed by atoms with E-state index < -0.39 is 0 Å². The normalized spacial score (nSPS) is 28.1. The number of hydrogen-bond acceptors (Lipinski definition) is 3. The number of rotatable bonds is 2. The first-order valence-corrected chi connectivity index (χ1v) is 6.99. The second-order valence-electron chi connectivity index (χ2n) is 5.30. The van der Waals surface area contributed by atoms with E-state index in [1.165, 1.54) is 6.42 Å². The predicted octanol–water partition coefficient (Wildman–Crippen LogP) is 4.17. The minimum Gasteiger partial charge on any atom is -0.473 e. The third-order valence-corrected chi connectivity index (χ3v) is 3.91. The molecule has 3 nitrogen and oxygen atoms in total. The number of anilines is 1. The van der Waals surface area contributed by atoms with Gasteiger partial charge in [0.1, 0.15) is 16.9 Å². The maximum atomic E-state index is 6.07. The summed E-state index contributed by atoms with van der Waals surface area (Å²) < 4.78 is 5.88. The van der Waals surface area contributed by atoms with Gasteiger partial charge in [0.25, 0.3) is 0 Å². The Balaban J connectivity index is 2.11. The Labute approximate surface area is 118 Å². The highest BCUT2D eigenvalue weighted by Gasteiger charge is 2.26. The zero-order valence-corrected chi connectivity index (χ0v) is 12.1. The predicted molar refractivity (Wildman–Crippen MR) is 75.3 cm³/mol. The van der Waals surface area contributed by atoms with Gasteiger partial charge in [-0.05, 0) is 37.2 Å². The molecule has 0 aliphatic heterocycles. The number of nitrogen functional groups attached to an aromatic ring is 1. The van der Waals surface area contributed by atoms with Crippen molar-refractivity contribution in [3.05, 3.63) is 16.1 Å². The zero-order chi connectivity index (χ0) is 13.3. The maximum absolute atomic E-state index is 6.07. The van der Waals surface area contributed by atoms with Crippen LogP contribution in [0.15, 0.2) is 6.07 Å². The molecule has 100 valence electrons. The van der Waals surface area contributed by atoms with Crippen LogP contribution in [-0.4, -0.2) is 11.1 Å². The first kappa shape index (κ1) is 13.8. The molecular weight excluding hydrogens is 271 g/mol. The monoisotopic (exact) mass is 288 g/mol. The Bertz CT molecular complexity index is 429. The van der Waals surface area contributed by atoms with Crippen molar-refractivity contribution in [2.24, 2.45) is 11.8 Å². The Kier molecular flexibility index (Phi) is 4.23. The molecule has 0 radical (unpaired) electrons. The van der Waals surface area contributed by atoms with Gasteiger partial charge in [-0.25, -0.2) is 0 Å². The molecule has 2 N–H and O–H groups in total. The van der Waals surface area contributed by atoms with Gasteiger partial charge in [-0.15, -0.1) is 0 Å². The van der Waals surface area contributed by atoms with Crippen LogP contribution in [0.25, 0.3) is 0 Å². The minimum absolute atomic E-state index is 0.161. The van der Waals surface area contributed by atoms with Crippen LogP contribution in [0.1, 0.15) is 33.1 Å². The number of nitrogens with two attached hydrogens (primary N) is 1. The molecule has 1 fully saturated rings. The molecular formula is C13H18Cl2N2O. The number of halogens is 2. The third-order valence-electron chi connectivity index (χ3n) is 3.34. The van der Waals surface area contributed by atoms with E-state index in [0.717, 1.165) is 12.8 Å². The van der Waals surface area contributed by atoms with Crippen molar-refractivity contribution < 1.29 is 4.74 Å². The molecule has 0 amide bonds. The zero-order valence-electron chi connectivity index (χ0n) is 10.6. The van der Waals surface area contributed by atoms with Crippen LogP contribution < -0.4 is 10.5 Å². The summed E-state index contributed by atoms with van der Waals surface area (Å²) in [5.74, 6) is 1.99. The summed E-state index contributed by atoms with van der Waals surface area (Å²) in [6, 6.07) is 1.58. The van der Waals surface area contributed by atoms with Gasteiger partial charge < -0.3 is 10.5 Å². The molecule has 0 saturated heterocycles. The lowest BCUT2D eigenvalue weighted by Crippen LogP contribution is -2.28. The van der Waals surface area contributed by atoms with Crippen molar-refractivity contribution in [2.45, 2.75) is 39.2 Å². The molecule has 1 heterocycles. The van der Waals surface area contributed by atoms with Crippen LogP contribution in [0.5, 0.6) is 5.88 Å². The van der Waals surface area contributed by atoms with E-state index in [-0.39, 0.29) is 11.9 Å². The average Bonchev–Trinajstić information content (AvgIpc) is 2.24. The molecule has 0 bridgehead atoms. The van der Waals surface area contributed by atoms with E-state index in [4.69, 9.17) is 33.7 Å². The lowest BCUT2D eigenvalue weighted by molar-refractivity contribution is 0.0970. The van der Waals surface area contributed by atoms with Crippen molar-refractivity contribution in [3.8, 4) is 5.88 Å². The van der Waals surface area contributed by atoms with Crippen molar-refractivity contribution in [2.75, 3.05) is 5.73 Å². The van der Waals surface area contributed by atoms with Crippen molar-refractivity contribution >= 4 is 29.0 Å². The summed E-state index contributed by atoms with van der Waals surface area (Å²) in [7, 11) is 0. The van der Waals surface area contributed by atoms with Crippen LogP contribution >= 0.6 is 23.2 Å². The molecule has 0 aromatic carbocycles. The highest BCUT2D eigenvalue weighted by Crippen LogP contribution is 2.34. The van der Waals surface area contributed by atoms with Gasteiger partial charge in [0.2, 0.25) is 5.88 Å². The Hall–Kier alpha value is -0.670. The van der Waals surface area contributed by atoms with E-state index in [2.05, 4.69) is 18.8 Å². The standard InChI is InChI=1S/C13H18Cl2N2O/c1-7-3-8(2)5-9(4-7)18-13-11(15)6-10(14)12(16)17-13/h6-9H,3-5H2,1-2H3,(H2,16,17). The lowest BCUT2D eigenvalue weighted by Gasteiger charge is -2.31. The van der Waals surface area contributed by atoms with E-state index >= 15 is 0 Å². The molecule has 18 heavy (non-hydrogen) atoms. The summed E-state index contributed by atoms with van der Waals surface area (Å²) >= 11 is 11.9. The molecule has 5 heteroatoms. The second-order valence-corrected chi connectivity index (χ2v) is 6.11. The van der Waals surface area contributed by atoms with Gasteiger partial charge in [0, 0.05) is 0 Å². The van der Waals surface area contributed by atoms with Crippen LogP contribution in [0.4, 0.5) is 5.82 Å². The third kappa shape index (κ3) is 3.21. The number of aromatic nitrogens is 1. The number of pyridine rings is 1. The first-order valence-electron chi connectivity index (χ1n) is 6.24. The van der Waals surface area contributed by atoms with Gasteiger partial charge in [0.05, 0.1) is 5.02 Å². The second kappa shape index (κ2) is 5.54. The summed E-state index contributed by atoms with van der Waals surface area (Å²) in [5, 5.41) is 0.776. The van der Waals surface area contributed by atoms with Gasteiger partial charge in [-0.1, -0.05) is 37.0 Å². The Morgan fingerprint density at radius 3 is 2.39 bits per heavy atom. The van der Waals surface area contributed by atoms with E-state index in [0.29, 0.717) is 27.8 Å². The molecule has 1 aromatic heterocycles. The minimum atomic E-state index is 0.161. The maximum Gasteiger partial charge on any atom is 0.234 e. The van der Waals surface area contributed by atoms with Crippen LogP contribution in [0, 0.1) is 11.8 Å². The van der Waals surface area contributed by atoms with Gasteiger partial charge in [-0.3, -0.25) is 0 Å². The topological polar surface area (TPSA) is 48.1 Å². The molecule has 2 unspecified atom stereocenters. The van der Waals surface area contributed by atoms with Gasteiger partial charge in [-0.2, -0.15) is 4.98 Å². The molecule has 1 aromatic rings.